The van der Waals surface area contributed by atoms with Crippen molar-refractivity contribution in [3.63, 3.8) is 0 Å². The summed E-state index contributed by atoms with van der Waals surface area (Å²) < 4.78 is 0. The molecule has 0 aromatic heterocycles. The fourth-order valence-corrected chi connectivity index (χ4v) is 4.19. The summed E-state index contributed by atoms with van der Waals surface area (Å²) >= 11 is 0. The van der Waals surface area contributed by atoms with Crippen molar-refractivity contribution >= 4 is 0 Å². The Bertz CT molecular complexity index is 280. The molecule has 1 aliphatic heterocycles. The van der Waals surface area contributed by atoms with Gasteiger partial charge in [0.1, 0.15) is 0 Å². The van der Waals surface area contributed by atoms with Crippen LogP contribution in [0.15, 0.2) is 0 Å². The lowest BCUT2D eigenvalue weighted by Gasteiger charge is -2.39. The summed E-state index contributed by atoms with van der Waals surface area (Å²) in [5.74, 6) is 0.752. The molecule has 3 heteroatoms. The number of nitrogens with one attached hydrogen (secondary N) is 1. The second kappa shape index (κ2) is 6.55. The molecule has 0 amide bonds. The number of aliphatic hydroxyl groups excluding tert-OH is 1. The van der Waals surface area contributed by atoms with Crippen LogP contribution in [0.2, 0.25) is 0 Å². The maximum atomic E-state index is 9.55. The van der Waals surface area contributed by atoms with Gasteiger partial charge in [0.2, 0.25) is 0 Å². The van der Waals surface area contributed by atoms with Gasteiger partial charge < -0.3 is 10.4 Å². The molecule has 2 aliphatic rings. The maximum Gasteiger partial charge on any atom is 0.0586 e. The summed E-state index contributed by atoms with van der Waals surface area (Å²) in [5.41, 5.74) is 0.422. The van der Waals surface area contributed by atoms with E-state index in [9.17, 15) is 5.11 Å². The maximum absolute atomic E-state index is 9.55. The van der Waals surface area contributed by atoms with Gasteiger partial charge in [-0.1, -0.05) is 27.2 Å². The topological polar surface area (TPSA) is 35.5 Å². The van der Waals surface area contributed by atoms with E-state index >= 15 is 0 Å². The van der Waals surface area contributed by atoms with Crippen LogP contribution in [0.5, 0.6) is 0 Å². The molecule has 1 aliphatic carbocycles. The van der Waals surface area contributed by atoms with E-state index < -0.39 is 0 Å². The van der Waals surface area contributed by atoms with E-state index in [2.05, 4.69) is 31.0 Å². The van der Waals surface area contributed by atoms with Crippen molar-refractivity contribution in [3.8, 4) is 0 Å². The number of likely N-dealkylation sites (tertiary alicyclic amines) is 1. The highest BCUT2D eigenvalue weighted by Crippen LogP contribution is 2.42. The second-order valence-electron chi connectivity index (χ2n) is 7.15. The fourth-order valence-electron chi connectivity index (χ4n) is 4.19. The first-order valence-electron chi connectivity index (χ1n) is 8.16. The molecule has 1 saturated carbocycles. The highest BCUT2D eigenvalue weighted by molar-refractivity contribution is 4.97. The Balaban J connectivity index is 1.97. The van der Waals surface area contributed by atoms with Crippen LogP contribution in [0.3, 0.4) is 0 Å². The van der Waals surface area contributed by atoms with Gasteiger partial charge in [0.15, 0.2) is 0 Å². The molecule has 0 radical (unpaired) electrons. The van der Waals surface area contributed by atoms with Crippen molar-refractivity contribution in [1.29, 1.82) is 0 Å². The summed E-state index contributed by atoms with van der Waals surface area (Å²) in [4.78, 5) is 2.56. The Kier molecular flexibility index (Phi) is 5.27. The average molecular weight is 268 g/mol. The first-order valence-corrected chi connectivity index (χ1v) is 8.16. The van der Waals surface area contributed by atoms with E-state index in [-0.39, 0.29) is 0 Å². The average Bonchev–Trinajstić information content (AvgIpc) is 2.67. The zero-order valence-corrected chi connectivity index (χ0v) is 13.0. The number of nitrogens with zero attached hydrogens (tertiary/aromatic N) is 1. The normalized spacial score (nSPS) is 35.7. The molecule has 19 heavy (non-hydrogen) atoms. The Morgan fingerprint density at radius 1 is 1.26 bits per heavy atom. The monoisotopic (exact) mass is 268 g/mol. The van der Waals surface area contributed by atoms with Gasteiger partial charge in [0, 0.05) is 18.6 Å². The highest BCUT2D eigenvalue weighted by atomic mass is 16.3. The van der Waals surface area contributed by atoms with Gasteiger partial charge >= 0.3 is 0 Å². The Labute approximate surface area is 118 Å². The minimum Gasteiger partial charge on any atom is -0.395 e. The molecule has 0 aromatic carbocycles. The number of piperidine rings is 1. The van der Waals surface area contributed by atoms with Crippen molar-refractivity contribution in [2.24, 2.45) is 11.3 Å². The van der Waals surface area contributed by atoms with Crippen LogP contribution in [0.25, 0.3) is 0 Å². The van der Waals surface area contributed by atoms with Gasteiger partial charge in [-0.2, -0.15) is 0 Å². The summed E-state index contributed by atoms with van der Waals surface area (Å²) in [6.45, 7) is 10.8. The lowest BCUT2D eigenvalue weighted by molar-refractivity contribution is 0.0688. The van der Waals surface area contributed by atoms with Crippen LogP contribution < -0.4 is 5.32 Å². The van der Waals surface area contributed by atoms with Crippen LogP contribution in [-0.2, 0) is 0 Å². The second-order valence-corrected chi connectivity index (χ2v) is 7.15. The van der Waals surface area contributed by atoms with Gasteiger partial charge in [-0.05, 0) is 50.1 Å². The van der Waals surface area contributed by atoms with Crippen LogP contribution >= 0.6 is 0 Å². The van der Waals surface area contributed by atoms with Crippen molar-refractivity contribution in [2.75, 3.05) is 26.2 Å². The van der Waals surface area contributed by atoms with Crippen LogP contribution in [0.1, 0.15) is 52.9 Å². The third-order valence-electron chi connectivity index (χ3n) is 5.33. The summed E-state index contributed by atoms with van der Waals surface area (Å²) in [7, 11) is 0. The van der Waals surface area contributed by atoms with Crippen LogP contribution in [0.4, 0.5) is 0 Å². The first kappa shape index (κ1) is 15.3. The molecule has 3 unspecified atom stereocenters. The number of hydrogen-bond donors (Lipinski definition) is 2. The number of hydrogen-bond acceptors (Lipinski definition) is 3. The molecule has 2 N–H and O–H groups in total. The lowest BCUT2D eigenvalue weighted by atomic mass is 9.84. The van der Waals surface area contributed by atoms with Gasteiger partial charge in [-0.3, -0.25) is 4.90 Å². The predicted molar refractivity (Wildman–Crippen MR) is 80.3 cm³/mol. The molecule has 3 atom stereocenters. The van der Waals surface area contributed by atoms with E-state index in [1.54, 1.807) is 0 Å². The zero-order valence-electron chi connectivity index (χ0n) is 13.0. The van der Waals surface area contributed by atoms with Crippen molar-refractivity contribution in [3.05, 3.63) is 0 Å². The zero-order chi connectivity index (χ0) is 13.9. The van der Waals surface area contributed by atoms with E-state index in [1.807, 2.05) is 0 Å². The molecule has 112 valence electrons. The van der Waals surface area contributed by atoms with E-state index in [0.717, 1.165) is 12.5 Å². The molecule has 1 heterocycles. The Morgan fingerprint density at radius 2 is 2.05 bits per heavy atom. The largest absolute Gasteiger partial charge is 0.395 e. The smallest absolute Gasteiger partial charge is 0.0586 e. The molecule has 0 spiro atoms. The SMILES string of the molecule is CCNC1C(CN2CCCCC2CO)CCC1(C)C. The van der Waals surface area contributed by atoms with E-state index in [0.29, 0.717) is 24.1 Å². The standard InChI is InChI=1S/C16H32N2O/c1-4-17-15-13(8-9-16(15,2)3)11-18-10-6-5-7-14(18)12-19/h13-15,17,19H,4-12H2,1-3H3. The van der Waals surface area contributed by atoms with Crippen molar-refractivity contribution < 1.29 is 5.11 Å². The third-order valence-corrected chi connectivity index (χ3v) is 5.33. The van der Waals surface area contributed by atoms with Crippen molar-refractivity contribution in [2.45, 2.75) is 65.0 Å². The number of rotatable bonds is 5. The first-order chi connectivity index (χ1) is 9.08. The van der Waals surface area contributed by atoms with E-state index in [4.69, 9.17) is 0 Å². The molecule has 3 nitrogen and oxygen atoms in total. The molecule has 2 fully saturated rings. The fraction of sp³-hybridized carbons (Fsp3) is 1.00. The lowest BCUT2D eigenvalue weighted by Crippen LogP contribution is -2.49. The quantitative estimate of drug-likeness (QED) is 0.803. The molecule has 0 bridgehead atoms. The molecule has 2 rings (SSSR count). The van der Waals surface area contributed by atoms with Gasteiger partial charge in [0.25, 0.3) is 0 Å². The predicted octanol–water partition coefficient (Wildman–Crippen LogP) is 2.25. The Morgan fingerprint density at radius 3 is 2.74 bits per heavy atom. The minimum absolute atomic E-state index is 0.335. The van der Waals surface area contributed by atoms with Crippen molar-refractivity contribution in [1.82, 2.24) is 10.2 Å². The van der Waals surface area contributed by atoms with Crippen LogP contribution in [0, 0.1) is 11.3 Å². The minimum atomic E-state index is 0.335. The van der Waals surface area contributed by atoms with Gasteiger partial charge in [-0.25, -0.2) is 0 Å². The molecule has 1 saturated heterocycles. The molecular weight excluding hydrogens is 236 g/mol. The van der Waals surface area contributed by atoms with Gasteiger partial charge in [0.05, 0.1) is 6.61 Å². The van der Waals surface area contributed by atoms with Gasteiger partial charge in [-0.15, -0.1) is 0 Å². The molecule has 0 aromatic rings. The summed E-state index contributed by atoms with van der Waals surface area (Å²) in [6.07, 6.45) is 6.43. The Hall–Kier alpha value is -0.120. The summed E-state index contributed by atoms with van der Waals surface area (Å²) in [6, 6.07) is 1.05. The van der Waals surface area contributed by atoms with E-state index in [1.165, 1.54) is 45.2 Å². The highest BCUT2D eigenvalue weighted by Gasteiger charge is 2.42. The summed E-state index contributed by atoms with van der Waals surface area (Å²) in [5, 5.41) is 13.3. The number of aliphatic hydroxyl groups is 1. The third kappa shape index (κ3) is 3.50. The molecular formula is C16H32N2O. The van der Waals surface area contributed by atoms with Crippen LogP contribution in [-0.4, -0.2) is 48.3 Å².